The zero-order valence-electron chi connectivity index (χ0n) is 7.23. The van der Waals surface area contributed by atoms with Gasteiger partial charge in [-0.25, -0.2) is 4.79 Å². The molecule has 0 fully saturated rings. The van der Waals surface area contributed by atoms with E-state index in [0.717, 1.165) is 3.57 Å². The third-order valence-corrected chi connectivity index (χ3v) is 2.26. The summed E-state index contributed by atoms with van der Waals surface area (Å²) in [6.07, 6.45) is 0. The molecule has 14 heavy (non-hydrogen) atoms. The summed E-state index contributed by atoms with van der Waals surface area (Å²) in [5.41, 5.74) is 9.16. The van der Waals surface area contributed by atoms with E-state index in [1.165, 1.54) is 6.07 Å². The van der Waals surface area contributed by atoms with Gasteiger partial charge in [-0.05, 0) is 52.7 Å². The van der Waals surface area contributed by atoms with Gasteiger partial charge in [-0.2, -0.15) is 0 Å². The van der Waals surface area contributed by atoms with Gasteiger partial charge in [0, 0.05) is 8.48 Å². The molecule has 72 valence electrons. The Hall–Kier alpha value is -1.27. The Bertz CT molecular complexity index is 438. The molecule has 0 atom stereocenters. The molecule has 1 N–H and O–H groups in total. The lowest BCUT2D eigenvalue weighted by Crippen LogP contribution is -1.98. The van der Waals surface area contributed by atoms with E-state index in [-0.39, 0.29) is 11.3 Å². The highest BCUT2D eigenvalue weighted by molar-refractivity contribution is 14.1. The molecular weight excluding hydrogens is 297 g/mol. The SMILES string of the molecule is Cc1cc(I)cc(C(=O)O)c1N=[N+]=[N-]. The summed E-state index contributed by atoms with van der Waals surface area (Å²) in [6, 6.07) is 3.23. The van der Waals surface area contributed by atoms with Crippen LogP contribution in [0.3, 0.4) is 0 Å². The number of aromatic carboxylic acids is 1. The van der Waals surface area contributed by atoms with Crippen LogP contribution in [0.15, 0.2) is 17.2 Å². The Balaban J connectivity index is 3.51. The first-order valence-electron chi connectivity index (χ1n) is 3.65. The molecule has 5 nitrogen and oxygen atoms in total. The molecular formula is C8H6IN3O2. The van der Waals surface area contributed by atoms with Gasteiger partial charge in [0.1, 0.15) is 0 Å². The highest BCUT2D eigenvalue weighted by atomic mass is 127. The summed E-state index contributed by atoms with van der Waals surface area (Å²) in [4.78, 5) is 13.4. The Morgan fingerprint density at radius 1 is 1.64 bits per heavy atom. The molecule has 0 spiro atoms. The summed E-state index contributed by atoms with van der Waals surface area (Å²) in [7, 11) is 0. The Labute approximate surface area is 93.5 Å². The van der Waals surface area contributed by atoms with Crippen molar-refractivity contribution in [3.05, 3.63) is 37.3 Å². The van der Waals surface area contributed by atoms with Crippen LogP contribution in [0.5, 0.6) is 0 Å². The number of carbonyl (C=O) groups is 1. The minimum absolute atomic E-state index is 0.0344. The molecule has 0 amide bonds. The number of azide groups is 1. The molecule has 1 aromatic rings. The van der Waals surface area contributed by atoms with Gasteiger partial charge in [0.2, 0.25) is 0 Å². The van der Waals surface area contributed by atoms with Crippen LogP contribution in [-0.2, 0) is 0 Å². The maximum atomic E-state index is 10.8. The number of nitrogens with zero attached hydrogens (tertiary/aromatic N) is 3. The fourth-order valence-electron chi connectivity index (χ4n) is 1.08. The number of hydrogen-bond donors (Lipinski definition) is 1. The number of rotatable bonds is 2. The van der Waals surface area contributed by atoms with Crippen molar-refractivity contribution in [2.75, 3.05) is 0 Å². The van der Waals surface area contributed by atoms with Crippen LogP contribution in [-0.4, -0.2) is 11.1 Å². The first-order valence-corrected chi connectivity index (χ1v) is 4.72. The van der Waals surface area contributed by atoms with Crippen molar-refractivity contribution in [2.45, 2.75) is 6.92 Å². The number of carboxylic acid groups (broad SMARTS) is 1. The Kier molecular flexibility index (Phi) is 3.32. The average molecular weight is 303 g/mol. The highest BCUT2D eigenvalue weighted by Gasteiger charge is 2.11. The van der Waals surface area contributed by atoms with Crippen molar-refractivity contribution >= 4 is 34.2 Å². The topological polar surface area (TPSA) is 86.1 Å². The van der Waals surface area contributed by atoms with E-state index in [1.807, 2.05) is 22.6 Å². The molecule has 1 aromatic carbocycles. The predicted octanol–water partition coefficient (Wildman–Crippen LogP) is 3.24. The third kappa shape index (κ3) is 2.15. The summed E-state index contributed by atoms with van der Waals surface area (Å²) in [5, 5.41) is 12.2. The standard InChI is InChI=1S/C8H6IN3O2/c1-4-2-5(9)3-6(8(13)14)7(4)11-12-10/h2-3H,1H3,(H,13,14). The molecule has 0 aliphatic rings. The van der Waals surface area contributed by atoms with Crippen molar-refractivity contribution in [1.29, 1.82) is 0 Å². The zero-order chi connectivity index (χ0) is 10.7. The van der Waals surface area contributed by atoms with Crippen LogP contribution in [0.2, 0.25) is 0 Å². The number of hydrogen-bond acceptors (Lipinski definition) is 2. The van der Waals surface area contributed by atoms with E-state index in [0.29, 0.717) is 5.56 Å². The lowest BCUT2D eigenvalue weighted by Gasteiger charge is -2.04. The van der Waals surface area contributed by atoms with E-state index in [9.17, 15) is 4.79 Å². The van der Waals surface area contributed by atoms with Crippen LogP contribution < -0.4 is 0 Å². The minimum Gasteiger partial charge on any atom is -0.478 e. The second-order valence-corrected chi connectivity index (χ2v) is 3.86. The van der Waals surface area contributed by atoms with Crippen LogP contribution in [0.1, 0.15) is 15.9 Å². The monoisotopic (exact) mass is 303 g/mol. The lowest BCUT2D eigenvalue weighted by atomic mass is 10.1. The number of aryl methyl sites for hydroxylation is 1. The van der Waals surface area contributed by atoms with Crippen LogP contribution in [0.4, 0.5) is 5.69 Å². The second-order valence-electron chi connectivity index (χ2n) is 2.61. The number of benzene rings is 1. The fourth-order valence-corrected chi connectivity index (χ4v) is 1.85. The average Bonchev–Trinajstić information content (AvgIpc) is 2.09. The first kappa shape index (κ1) is 10.8. The van der Waals surface area contributed by atoms with E-state index in [1.54, 1.807) is 13.0 Å². The molecule has 0 aliphatic carbocycles. The molecule has 0 aromatic heterocycles. The molecule has 0 saturated carbocycles. The normalized spacial score (nSPS) is 9.29. The number of carboxylic acids is 1. The van der Waals surface area contributed by atoms with E-state index >= 15 is 0 Å². The van der Waals surface area contributed by atoms with Crippen molar-refractivity contribution in [3.63, 3.8) is 0 Å². The van der Waals surface area contributed by atoms with Gasteiger partial charge in [-0.15, -0.1) is 0 Å². The highest BCUT2D eigenvalue weighted by Crippen LogP contribution is 2.26. The molecule has 0 bridgehead atoms. The van der Waals surface area contributed by atoms with Crippen LogP contribution in [0, 0.1) is 10.5 Å². The maximum Gasteiger partial charge on any atom is 0.336 e. The van der Waals surface area contributed by atoms with Crippen molar-refractivity contribution in [2.24, 2.45) is 5.11 Å². The molecule has 0 radical (unpaired) electrons. The summed E-state index contributed by atoms with van der Waals surface area (Å²) < 4.78 is 0.800. The van der Waals surface area contributed by atoms with Crippen LogP contribution in [0.25, 0.3) is 10.4 Å². The van der Waals surface area contributed by atoms with Gasteiger partial charge in [0.05, 0.1) is 11.3 Å². The van der Waals surface area contributed by atoms with Gasteiger partial charge < -0.3 is 5.11 Å². The van der Waals surface area contributed by atoms with Crippen LogP contribution >= 0.6 is 22.6 Å². The Morgan fingerprint density at radius 2 is 2.29 bits per heavy atom. The first-order chi connectivity index (χ1) is 6.56. The van der Waals surface area contributed by atoms with Gasteiger partial charge in [-0.1, -0.05) is 5.11 Å². The van der Waals surface area contributed by atoms with Crippen molar-refractivity contribution in [3.8, 4) is 0 Å². The molecule has 0 heterocycles. The summed E-state index contributed by atoms with van der Waals surface area (Å²) in [6.45, 7) is 1.71. The molecule has 6 heteroatoms. The smallest absolute Gasteiger partial charge is 0.336 e. The largest absolute Gasteiger partial charge is 0.478 e. The van der Waals surface area contributed by atoms with E-state index in [4.69, 9.17) is 10.6 Å². The molecule has 0 aliphatic heterocycles. The predicted molar refractivity (Wildman–Crippen MR) is 59.7 cm³/mol. The van der Waals surface area contributed by atoms with Gasteiger partial charge in [-0.3, -0.25) is 0 Å². The molecule has 0 saturated heterocycles. The van der Waals surface area contributed by atoms with E-state index in [2.05, 4.69) is 10.0 Å². The lowest BCUT2D eigenvalue weighted by molar-refractivity contribution is 0.0697. The maximum absolute atomic E-state index is 10.8. The quantitative estimate of drug-likeness (QED) is 0.393. The van der Waals surface area contributed by atoms with Gasteiger partial charge in [0.25, 0.3) is 0 Å². The zero-order valence-corrected chi connectivity index (χ0v) is 9.39. The molecule has 0 unspecified atom stereocenters. The summed E-state index contributed by atoms with van der Waals surface area (Å²) in [5.74, 6) is -1.09. The number of halogens is 1. The fraction of sp³-hybridized carbons (Fsp3) is 0.125. The minimum atomic E-state index is -1.09. The second kappa shape index (κ2) is 4.30. The van der Waals surface area contributed by atoms with Gasteiger partial charge in [0.15, 0.2) is 0 Å². The third-order valence-electron chi connectivity index (χ3n) is 1.64. The van der Waals surface area contributed by atoms with Crippen molar-refractivity contribution in [1.82, 2.24) is 0 Å². The van der Waals surface area contributed by atoms with Gasteiger partial charge >= 0.3 is 5.97 Å². The van der Waals surface area contributed by atoms with Crippen molar-refractivity contribution < 1.29 is 9.90 Å². The van der Waals surface area contributed by atoms with E-state index < -0.39 is 5.97 Å². The Morgan fingerprint density at radius 3 is 2.79 bits per heavy atom. The summed E-state index contributed by atoms with van der Waals surface area (Å²) >= 11 is 2.01. The molecule has 1 rings (SSSR count).